The van der Waals surface area contributed by atoms with Crippen molar-refractivity contribution in [2.45, 2.75) is 50.4 Å². The molecule has 3 aliphatic rings. The number of rotatable bonds is 6. The van der Waals surface area contributed by atoms with E-state index in [0.717, 1.165) is 93.2 Å². The molecule has 2 aliphatic heterocycles. The van der Waals surface area contributed by atoms with Crippen LogP contribution in [0.2, 0.25) is 0 Å². The molecule has 3 aromatic rings. The van der Waals surface area contributed by atoms with Gasteiger partial charge in [-0.1, -0.05) is 0 Å². The number of aliphatic hydroxyl groups is 1. The molecule has 3 fully saturated rings. The van der Waals surface area contributed by atoms with Crippen molar-refractivity contribution >= 4 is 28.5 Å². The van der Waals surface area contributed by atoms with Gasteiger partial charge >= 0.3 is 0 Å². The van der Waals surface area contributed by atoms with Crippen molar-refractivity contribution in [1.29, 1.82) is 0 Å². The Bertz CT molecular complexity index is 1180. The maximum Gasteiger partial charge on any atom is 0.224 e. The average Bonchev–Trinajstić information content (AvgIpc) is 3.37. The molecule has 1 aliphatic carbocycles. The van der Waals surface area contributed by atoms with E-state index in [0.29, 0.717) is 18.5 Å². The minimum Gasteiger partial charge on any atom is -0.488 e. The molecule has 2 saturated heterocycles. The highest BCUT2D eigenvalue weighted by atomic mass is 16.5. The first-order chi connectivity index (χ1) is 17.7. The second-order valence-electron chi connectivity index (χ2n) is 9.83. The van der Waals surface area contributed by atoms with Crippen LogP contribution < -0.4 is 19.9 Å². The molecule has 10 nitrogen and oxygen atoms in total. The zero-order valence-corrected chi connectivity index (χ0v) is 20.4. The summed E-state index contributed by atoms with van der Waals surface area (Å²) in [5.41, 5.74) is 2.78. The average molecular weight is 492 g/mol. The highest BCUT2D eigenvalue weighted by Crippen LogP contribution is 2.33. The molecule has 6 rings (SSSR count). The number of hydrogen-bond acceptors (Lipinski definition) is 10. The molecule has 4 heterocycles. The van der Waals surface area contributed by atoms with Crippen LogP contribution in [0.1, 0.15) is 32.1 Å². The number of morpholine rings is 1. The number of aromatic nitrogens is 4. The Morgan fingerprint density at radius 1 is 0.917 bits per heavy atom. The number of nitrogens with one attached hydrogen (secondary N) is 1. The summed E-state index contributed by atoms with van der Waals surface area (Å²) in [6.45, 7) is 4.65. The summed E-state index contributed by atoms with van der Waals surface area (Å²) in [4.78, 5) is 22.7. The van der Waals surface area contributed by atoms with Gasteiger partial charge in [0.2, 0.25) is 5.95 Å². The van der Waals surface area contributed by atoms with Gasteiger partial charge in [0.05, 0.1) is 30.9 Å². The lowest BCUT2D eigenvalue weighted by molar-refractivity contribution is 0.122. The number of anilines is 3. The smallest absolute Gasteiger partial charge is 0.224 e. The van der Waals surface area contributed by atoms with E-state index in [1.807, 2.05) is 6.07 Å². The topological polar surface area (TPSA) is 109 Å². The van der Waals surface area contributed by atoms with Gasteiger partial charge in [-0.05, 0) is 44.2 Å². The maximum atomic E-state index is 9.83. The normalized spacial score (nSPS) is 24.8. The number of β-amino-alcohol motifs (C(OH)–C–C–N with tert-alkyl or cyclic N) is 1. The van der Waals surface area contributed by atoms with Gasteiger partial charge in [0, 0.05) is 62.6 Å². The van der Waals surface area contributed by atoms with Crippen LogP contribution in [0.5, 0.6) is 5.75 Å². The van der Waals surface area contributed by atoms with Gasteiger partial charge in [0.25, 0.3) is 0 Å². The van der Waals surface area contributed by atoms with Gasteiger partial charge in [0.1, 0.15) is 17.1 Å². The fourth-order valence-electron chi connectivity index (χ4n) is 5.35. The van der Waals surface area contributed by atoms with Crippen LogP contribution in [0.15, 0.2) is 36.8 Å². The summed E-state index contributed by atoms with van der Waals surface area (Å²) in [5.74, 6) is 2.33. The van der Waals surface area contributed by atoms with Gasteiger partial charge in [-0.15, -0.1) is 0 Å². The third kappa shape index (κ3) is 5.15. The monoisotopic (exact) mass is 491 g/mol. The van der Waals surface area contributed by atoms with E-state index in [2.05, 4.69) is 42.2 Å². The predicted octanol–water partition coefficient (Wildman–Crippen LogP) is 2.63. The first-order valence-corrected chi connectivity index (χ1v) is 13.0. The molecule has 0 bridgehead atoms. The molecule has 190 valence electrons. The minimum atomic E-state index is -0.274. The van der Waals surface area contributed by atoms with E-state index in [-0.39, 0.29) is 12.2 Å². The minimum absolute atomic E-state index is 0.131. The Balaban J connectivity index is 1.10. The van der Waals surface area contributed by atoms with E-state index >= 15 is 0 Å². The van der Waals surface area contributed by atoms with Gasteiger partial charge < -0.3 is 29.7 Å². The van der Waals surface area contributed by atoms with Gasteiger partial charge in [0.15, 0.2) is 0 Å². The summed E-state index contributed by atoms with van der Waals surface area (Å²) in [7, 11) is 0. The largest absolute Gasteiger partial charge is 0.488 e. The van der Waals surface area contributed by atoms with Gasteiger partial charge in [-0.25, -0.2) is 9.97 Å². The lowest BCUT2D eigenvalue weighted by Crippen LogP contribution is -2.36. The van der Waals surface area contributed by atoms with Crippen molar-refractivity contribution in [1.82, 2.24) is 19.9 Å². The van der Waals surface area contributed by atoms with Crippen molar-refractivity contribution in [3.8, 4) is 5.75 Å². The van der Waals surface area contributed by atoms with Crippen LogP contribution in [0.25, 0.3) is 11.0 Å². The standard InChI is InChI=1S/C26H33N7O3/c34-20-6-10-33(17-20)24-5-7-29-26(31-24)30-18-1-3-21(4-2-18)36-23-16-19(32-11-13-35-14-12-32)15-22-25(23)28-9-8-27-22/h5,7-9,15-16,18,20-21,34H,1-4,6,10-14,17H2,(H,29,30,31)/t18-,20?,21+. The molecule has 1 unspecified atom stereocenters. The Morgan fingerprint density at radius 2 is 1.75 bits per heavy atom. The molecule has 1 saturated carbocycles. The summed E-state index contributed by atoms with van der Waals surface area (Å²) in [5, 5.41) is 13.3. The van der Waals surface area contributed by atoms with E-state index in [4.69, 9.17) is 14.5 Å². The van der Waals surface area contributed by atoms with E-state index in [1.54, 1.807) is 18.6 Å². The fraction of sp³-hybridized carbons (Fsp3) is 0.538. The van der Waals surface area contributed by atoms with Crippen molar-refractivity contribution in [2.75, 3.05) is 54.5 Å². The molecular weight excluding hydrogens is 458 g/mol. The van der Waals surface area contributed by atoms with Crippen LogP contribution in [-0.4, -0.2) is 82.7 Å². The van der Waals surface area contributed by atoms with Gasteiger partial charge in [-0.2, -0.15) is 4.98 Å². The van der Waals surface area contributed by atoms with Crippen LogP contribution in [-0.2, 0) is 4.74 Å². The molecule has 36 heavy (non-hydrogen) atoms. The van der Waals surface area contributed by atoms with Gasteiger partial charge in [-0.3, -0.25) is 4.98 Å². The van der Waals surface area contributed by atoms with Crippen LogP contribution >= 0.6 is 0 Å². The first-order valence-electron chi connectivity index (χ1n) is 13.0. The number of benzene rings is 1. The Morgan fingerprint density at radius 3 is 2.56 bits per heavy atom. The zero-order valence-electron chi connectivity index (χ0n) is 20.4. The molecule has 0 spiro atoms. The number of hydrogen-bond donors (Lipinski definition) is 2. The van der Waals surface area contributed by atoms with Crippen LogP contribution in [0.3, 0.4) is 0 Å². The van der Waals surface area contributed by atoms with Crippen molar-refractivity contribution in [3.63, 3.8) is 0 Å². The zero-order chi connectivity index (χ0) is 24.3. The molecule has 1 aromatic carbocycles. The van der Waals surface area contributed by atoms with E-state index < -0.39 is 0 Å². The molecule has 2 aromatic heterocycles. The second kappa shape index (κ2) is 10.4. The summed E-state index contributed by atoms with van der Waals surface area (Å²) >= 11 is 0. The molecule has 0 radical (unpaired) electrons. The number of nitrogens with zero attached hydrogens (tertiary/aromatic N) is 6. The molecule has 0 amide bonds. The van der Waals surface area contributed by atoms with Crippen molar-refractivity contribution in [3.05, 3.63) is 36.8 Å². The highest BCUT2D eigenvalue weighted by molar-refractivity contribution is 5.85. The molecule has 10 heteroatoms. The maximum absolute atomic E-state index is 9.83. The second-order valence-corrected chi connectivity index (χ2v) is 9.83. The van der Waals surface area contributed by atoms with Crippen molar-refractivity contribution < 1.29 is 14.6 Å². The third-order valence-electron chi connectivity index (χ3n) is 7.33. The number of aliphatic hydroxyl groups excluding tert-OH is 1. The summed E-state index contributed by atoms with van der Waals surface area (Å²) < 4.78 is 12.1. The van der Waals surface area contributed by atoms with Crippen LogP contribution in [0, 0.1) is 0 Å². The highest BCUT2D eigenvalue weighted by Gasteiger charge is 2.26. The van der Waals surface area contributed by atoms with Crippen molar-refractivity contribution in [2.24, 2.45) is 0 Å². The summed E-state index contributed by atoms with van der Waals surface area (Å²) in [6, 6.07) is 6.42. The predicted molar refractivity (Wildman–Crippen MR) is 138 cm³/mol. The number of fused-ring (bicyclic) bond motifs is 1. The Kier molecular flexibility index (Phi) is 6.69. The van der Waals surface area contributed by atoms with E-state index in [1.165, 1.54) is 0 Å². The quantitative estimate of drug-likeness (QED) is 0.534. The number of ether oxygens (including phenoxy) is 2. The summed E-state index contributed by atoms with van der Waals surface area (Å²) in [6.07, 6.45) is 9.73. The van der Waals surface area contributed by atoms with Crippen LogP contribution in [0.4, 0.5) is 17.5 Å². The Hall–Kier alpha value is -3.24. The third-order valence-corrected chi connectivity index (χ3v) is 7.33. The molecule has 1 atom stereocenters. The Labute approximate surface area is 210 Å². The lowest BCUT2D eigenvalue weighted by atomic mass is 9.93. The lowest BCUT2D eigenvalue weighted by Gasteiger charge is -2.31. The molecule has 2 N–H and O–H groups in total. The SMILES string of the molecule is OC1CCN(c2ccnc(N[C@H]3CC[C@@H](Oc4cc(N5CCOCC5)cc5nccnc45)CC3)n2)C1. The van der Waals surface area contributed by atoms with E-state index in [9.17, 15) is 5.11 Å². The first kappa shape index (κ1) is 23.2. The fourth-order valence-corrected chi connectivity index (χ4v) is 5.35. The molecular formula is C26H33N7O3.